The average molecular weight is 294 g/mol. The number of rotatable bonds is 0. The minimum absolute atomic E-state index is 0.0124. The molecule has 0 amide bonds. The molecule has 106 valence electrons. The van der Waals surface area contributed by atoms with E-state index in [-0.39, 0.29) is 21.5 Å². The summed E-state index contributed by atoms with van der Waals surface area (Å²) in [6.07, 6.45) is 0. The molecule has 3 heterocycles. The number of benzene rings is 2. The fraction of sp³-hybridized carbons (Fsp3) is 0. The Hall–Kier alpha value is -3.28. The second kappa shape index (κ2) is 4.11. The first kappa shape index (κ1) is 12.5. The van der Waals surface area contributed by atoms with E-state index in [0.29, 0.717) is 10.8 Å². The molecule has 6 heteroatoms. The molecule has 0 saturated carbocycles. The molecule has 0 aliphatic heterocycles. The highest BCUT2D eigenvalue weighted by Crippen LogP contribution is 2.23. The van der Waals surface area contributed by atoms with Gasteiger partial charge in [-0.05, 0) is 22.9 Å². The molecule has 0 atom stereocenters. The molecule has 0 spiro atoms. The zero-order valence-electron chi connectivity index (χ0n) is 10.9. The van der Waals surface area contributed by atoms with Crippen molar-refractivity contribution in [2.45, 2.75) is 0 Å². The Morgan fingerprint density at radius 3 is 1.73 bits per heavy atom. The van der Waals surface area contributed by atoms with Gasteiger partial charge in [-0.25, -0.2) is 19.2 Å². The highest BCUT2D eigenvalue weighted by atomic mass is 16.4. The standard InChI is InChI=1S/C16H6O6/c17-13-9-4-2-1-3-7(9)8-5-6-10(14(18)21-13)12-11(8)15(19)22-16(12)20/h1-6H. The molecule has 0 radical (unpaired) electrons. The minimum atomic E-state index is -0.990. The zero-order valence-corrected chi connectivity index (χ0v) is 10.9. The van der Waals surface area contributed by atoms with Gasteiger partial charge in [-0.3, -0.25) is 0 Å². The largest absolute Gasteiger partial charge is 0.386 e. The van der Waals surface area contributed by atoms with Gasteiger partial charge in [0.25, 0.3) is 0 Å². The first-order chi connectivity index (χ1) is 10.6. The summed E-state index contributed by atoms with van der Waals surface area (Å²) in [7, 11) is 0. The number of hydrogen-bond donors (Lipinski definition) is 0. The van der Waals surface area contributed by atoms with Crippen molar-refractivity contribution in [1.29, 1.82) is 0 Å². The third-order valence-corrected chi connectivity index (χ3v) is 3.64. The van der Waals surface area contributed by atoms with Crippen LogP contribution in [0.1, 0.15) is 0 Å². The molecule has 0 fully saturated rings. The smallest absolute Gasteiger partial charge is 0.347 e. The predicted octanol–water partition coefficient (Wildman–Crippen LogP) is 1.21. The van der Waals surface area contributed by atoms with Crippen LogP contribution in [0.15, 0.2) is 64.4 Å². The first-order valence-corrected chi connectivity index (χ1v) is 6.37. The molecule has 5 aromatic rings. The summed E-state index contributed by atoms with van der Waals surface area (Å²) in [4.78, 5) is 48.0. The van der Waals surface area contributed by atoms with Crippen molar-refractivity contribution in [2.75, 3.05) is 0 Å². The molecule has 0 unspecified atom stereocenters. The Kier molecular flexibility index (Phi) is 2.33. The van der Waals surface area contributed by atoms with E-state index < -0.39 is 22.5 Å². The van der Waals surface area contributed by atoms with Gasteiger partial charge in [0.05, 0.1) is 21.5 Å². The Morgan fingerprint density at radius 1 is 0.500 bits per heavy atom. The van der Waals surface area contributed by atoms with Crippen molar-refractivity contribution in [3.63, 3.8) is 0 Å². The Morgan fingerprint density at radius 2 is 1.00 bits per heavy atom. The normalized spacial score (nSPS) is 11.5. The van der Waals surface area contributed by atoms with Gasteiger partial charge in [0.15, 0.2) is 0 Å². The van der Waals surface area contributed by atoms with E-state index in [2.05, 4.69) is 4.42 Å². The molecule has 0 N–H and O–H groups in total. The summed E-state index contributed by atoms with van der Waals surface area (Å²) >= 11 is 0. The maximum absolute atomic E-state index is 12.1. The van der Waals surface area contributed by atoms with Gasteiger partial charge in [-0.2, -0.15) is 0 Å². The molecule has 6 nitrogen and oxygen atoms in total. The highest BCUT2D eigenvalue weighted by molar-refractivity contribution is 6.14. The lowest BCUT2D eigenvalue weighted by molar-refractivity contribution is 0.489. The van der Waals surface area contributed by atoms with E-state index in [1.807, 2.05) is 0 Å². The fourth-order valence-corrected chi connectivity index (χ4v) is 2.70. The lowest BCUT2D eigenvalue weighted by Crippen LogP contribution is -2.07. The third kappa shape index (κ3) is 1.49. The number of furan rings is 1. The van der Waals surface area contributed by atoms with Gasteiger partial charge < -0.3 is 8.83 Å². The van der Waals surface area contributed by atoms with Gasteiger partial charge in [-0.1, -0.05) is 24.3 Å². The predicted molar refractivity (Wildman–Crippen MR) is 79.8 cm³/mol. The van der Waals surface area contributed by atoms with Crippen LogP contribution in [0, 0.1) is 0 Å². The molecule has 22 heavy (non-hydrogen) atoms. The van der Waals surface area contributed by atoms with E-state index >= 15 is 0 Å². The minimum Gasteiger partial charge on any atom is -0.386 e. The van der Waals surface area contributed by atoms with Gasteiger partial charge in [-0.15, -0.1) is 0 Å². The van der Waals surface area contributed by atoms with Crippen molar-refractivity contribution < 1.29 is 8.83 Å². The summed E-state index contributed by atoms with van der Waals surface area (Å²) in [5, 5.41) is 0.570. The van der Waals surface area contributed by atoms with Gasteiger partial charge in [0.1, 0.15) is 0 Å². The molecule has 2 bridgehead atoms. The van der Waals surface area contributed by atoms with E-state index in [4.69, 9.17) is 4.42 Å². The lowest BCUT2D eigenvalue weighted by atomic mass is 10.0. The van der Waals surface area contributed by atoms with Gasteiger partial charge in [0.2, 0.25) is 0 Å². The van der Waals surface area contributed by atoms with Crippen LogP contribution in [0.3, 0.4) is 0 Å². The van der Waals surface area contributed by atoms with Crippen molar-refractivity contribution in [3.05, 3.63) is 78.1 Å². The second-order valence-corrected chi connectivity index (χ2v) is 4.81. The average Bonchev–Trinajstić information content (AvgIpc) is 2.84. The monoisotopic (exact) mass is 294 g/mol. The van der Waals surface area contributed by atoms with Crippen LogP contribution in [0.4, 0.5) is 0 Å². The molecule has 0 aliphatic carbocycles. The maximum atomic E-state index is 12.1. The SMILES string of the molecule is O=c1oc(=O)c2ccc(c3ccccc13)c1c(=O)oc(=O)c21. The quantitative estimate of drug-likeness (QED) is 0.484. The third-order valence-electron chi connectivity index (χ3n) is 3.64. The van der Waals surface area contributed by atoms with Gasteiger partial charge >= 0.3 is 22.5 Å². The fourth-order valence-electron chi connectivity index (χ4n) is 2.70. The summed E-state index contributed by atoms with van der Waals surface area (Å²) in [5.74, 6) is 0. The van der Waals surface area contributed by atoms with Crippen LogP contribution in [-0.2, 0) is 0 Å². The van der Waals surface area contributed by atoms with Gasteiger partial charge in [0, 0.05) is 0 Å². The topological polar surface area (TPSA) is 94.6 Å². The molecule has 2 aromatic carbocycles. The highest BCUT2D eigenvalue weighted by Gasteiger charge is 2.17. The maximum Gasteiger partial charge on any atom is 0.347 e. The van der Waals surface area contributed by atoms with Crippen LogP contribution in [0.2, 0.25) is 0 Å². The van der Waals surface area contributed by atoms with Crippen LogP contribution < -0.4 is 22.5 Å². The van der Waals surface area contributed by atoms with Crippen molar-refractivity contribution in [2.24, 2.45) is 0 Å². The van der Waals surface area contributed by atoms with Crippen molar-refractivity contribution in [1.82, 2.24) is 0 Å². The molecule has 0 saturated heterocycles. The molecule has 5 rings (SSSR count). The van der Waals surface area contributed by atoms with Crippen LogP contribution in [0.25, 0.3) is 32.3 Å². The number of fused-ring (bicyclic) bond motifs is 3. The molecule has 0 aliphatic rings. The molecule has 3 aromatic heterocycles. The van der Waals surface area contributed by atoms with Crippen molar-refractivity contribution >= 4 is 32.3 Å². The molecular formula is C16H6O6. The lowest BCUT2D eigenvalue weighted by Gasteiger charge is -1.95. The zero-order chi connectivity index (χ0) is 15.4. The second-order valence-electron chi connectivity index (χ2n) is 4.81. The van der Waals surface area contributed by atoms with E-state index in [1.165, 1.54) is 18.2 Å². The van der Waals surface area contributed by atoms with E-state index in [9.17, 15) is 19.2 Å². The molecular weight excluding hydrogens is 288 g/mol. The summed E-state index contributed by atoms with van der Waals surface area (Å²) < 4.78 is 9.39. The van der Waals surface area contributed by atoms with E-state index in [0.717, 1.165) is 0 Å². The van der Waals surface area contributed by atoms with Crippen LogP contribution in [0.5, 0.6) is 0 Å². The summed E-state index contributed by atoms with van der Waals surface area (Å²) in [6.45, 7) is 0. The Labute approximate surface area is 120 Å². The van der Waals surface area contributed by atoms with Crippen LogP contribution in [-0.4, -0.2) is 0 Å². The van der Waals surface area contributed by atoms with Crippen molar-refractivity contribution in [3.8, 4) is 0 Å². The van der Waals surface area contributed by atoms with E-state index in [1.54, 1.807) is 18.2 Å². The Bertz CT molecular complexity index is 1300. The number of hydrogen-bond acceptors (Lipinski definition) is 6. The Balaban J connectivity index is 2.65. The summed E-state index contributed by atoms with van der Waals surface area (Å²) in [5.41, 5.74) is -3.58. The van der Waals surface area contributed by atoms with Crippen LogP contribution >= 0.6 is 0 Å². The first-order valence-electron chi connectivity index (χ1n) is 6.37. The summed E-state index contributed by atoms with van der Waals surface area (Å²) in [6, 6.07) is 9.24.